The number of nitrogens with zero attached hydrogens (tertiary/aromatic N) is 1. The van der Waals surface area contributed by atoms with Gasteiger partial charge in [-0.15, -0.1) is 0 Å². The van der Waals surface area contributed by atoms with Crippen LogP contribution < -0.4 is 0 Å². The second-order valence-corrected chi connectivity index (χ2v) is 3.67. The van der Waals surface area contributed by atoms with E-state index in [9.17, 15) is 4.79 Å². The fourth-order valence-corrected chi connectivity index (χ4v) is 1.99. The molecule has 0 spiro atoms. The van der Waals surface area contributed by atoms with Gasteiger partial charge in [0.2, 0.25) is 0 Å². The summed E-state index contributed by atoms with van der Waals surface area (Å²) in [5.74, 6) is 0.494. The van der Waals surface area contributed by atoms with Crippen molar-refractivity contribution in [2.45, 2.75) is 32.7 Å². The largest absolute Gasteiger partial charge is 0.453 e. The van der Waals surface area contributed by atoms with Crippen molar-refractivity contribution in [3.05, 3.63) is 12.2 Å². The van der Waals surface area contributed by atoms with E-state index in [4.69, 9.17) is 4.74 Å². The second-order valence-electron chi connectivity index (χ2n) is 3.67. The van der Waals surface area contributed by atoms with Crippen LogP contribution in [0.25, 0.3) is 0 Å². The van der Waals surface area contributed by atoms with E-state index in [1.54, 1.807) is 4.90 Å². The first-order valence-corrected chi connectivity index (χ1v) is 5.22. The molecule has 0 aromatic rings. The van der Waals surface area contributed by atoms with Crippen molar-refractivity contribution < 1.29 is 9.53 Å². The van der Waals surface area contributed by atoms with Crippen LogP contribution in [0.5, 0.6) is 0 Å². The molecule has 0 saturated carbocycles. The molecule has 0 aromatic heterocycles. The molecule has 1 aliphatic carbocycles. The lowest BCUT2D eigenvalue weighted by molar-refractivity contribution is 0.101. The molecule has 1 amide bonds. The Labute approximate surface area is 85.7 Å². The third-order valence-electron chi connectivity index (χ3n) is 2.91. The Balaban J connectivity index is 2.59. The van der Waals surface area contributed by atoms with Crippen LogP contribution in [0.15, 0.2) is 12.2 Å². The zero-order valence-electron chi connectivity index (χ0n) is 9.19. The van der Waals surface area contributed by atoms with Crippen LogP contribution in [-0.4, -0.2) is 30.7 Å². The van der Waals surface area contributed by atoms with E-state index in [0.717, 1.165) is 12.8 Å². The van der Waals surface area contributed by atoms with Gasteiger partial charge in [-0.05, 0) is 32.6 Å². The van der Waals surface area contributed by atoms with E-state index >= 15 is 0 Å². The van der Waals surface area contributed by atoms with Crippen molar-refractivity contribution in [1.29, 1.82) is 0 Å². The summed E-state index contributed by atoms with van der Waals surface area (Å²) in [7, 11) is 1.43. The molecule has 0 radical (unpaired) electrons. The molecule has 0 bridgehead atoms. The van der Waals surface area contributed by atoms with Crippen LogP contribution in [0.2, 0.25) is 0 Å². The molecule has 3 nitrogen and oxygen atoms in total. The maximum Gasteiger partial charge on any atom is 0.409 e. The number of carbonyl (C=O) groups excluding carboxylic acids is 1. The standard InChI is InChI=1S/C11H19NO2/c1-4-12(11(13)14-3)9(2)10-7-5-6-8-10/h5,7,9-10H,4,6,8H2,1-3H3. The fourth-order valence-electron chi connectivity index (χ4n) is 1.99. The lowest BCUT2D eigenvalue weighted by Gasteiger charge is -2.30. The summed E-state index contributed by atoms with van der Waals surface area (Å²) in [6, 6.07) is 0.242. The smallest absolute Gasteiger partial charge is 0.409 e. The number of hydrogen-bond acceptors (Lipinski definition) is 2. The molecule has 1 aliphatic rings. The van der Waals surface area contributed by atoms with Crippen molar-refractivity contribution in [3.8, 4) is 0 Å². The number of methoxy groups -OCH3 is 1. The van der Waals surface area contributed by atoms with Crippen molar-refractivity contribution in [2.24, 2.45) is 5.92 Å². The zero-order chi connectivity index (χ0) is 10.6. The van der Waals surface area contributed by atoms with Gasteiger partial charge in [-0.2, -0.15) is 0 Å². The summed E-state index contributed by atoms with van der Waals surface area (Å²) in [6.07, 6.45) is 6.45. The Bertz CT molecular complexity index is 225. The second kappa shape index (κ2) is 5.03. The fraction of sp³-hybridized carbons (Fsp3) is 0.727. The predicted octanol–water partition coefficient (Wildman–Crippen LogP) is 2.43. The third kappa shape index (κ3) is 2.28. The van der Waals surface area contributed by atoms with E-state index in [-0.39, 0.29) is 12.1 Å². The SMILES string of the molecule is CCN(C(=O)OC)C(C)C1C=CCC1. The van der Waals surface area contributed by atoms with Crippen molar-refractivity contribution in [3.63, 3.8) is 0 Å². The van der Waals surface area contributed by atoms with Gasteiger partial charge >= 0.3 is 6.09 Å². The molecule has 0 aliphatic heterocycles. The van der Waals surface area contributed by atoms with Crippen LogP contribution in [0.1, 0.15) is 26.7 Å². The maximum atomic E-state index is 11.4. The van der Waals surface area contributed by atoms with Crippen molar-refractivity contribution in [2.75, 3.05) is 13.7 Å². The van der Waals surface area contributed by atoms with Crippen LogP contribution >= 0.6 is 0 Å². The molecule has 0 aromatic carbocycles. The van der Waals surface area contributed by atoms with Gasteiger partial charge in [0.15, 0.2) is 0 Å². The van der Waals surface area contributed by atoms with E-state index in [1.165, 1.54) is 7.11 Å². The highest BCUT2D eigenvalue weighted by Crippen LogP contribution is 2.24. The molecule has 1 rings (SSSR count). The number of carbonyl (C=O) groups is 1. The molecule has 80 valence electrons. The maximum absolute atomic E-state index is 11.4. The van der Waals surface area contributed by atoms with Crippen LogP contribution in [0, 0.1) is 5.92 Å². The summed E-state index contributed by atoms with van der Waals surface area (Å²) in [6.45, 7) is 4.77. The first kappa shape index (κ1) is 11.1. The van der Waals surface area contributed by atoms with Crippen LogP contribution in [0.4, 0.5) is 4.79 Å². The summed E-state index contributed by atoms with van der Waals surface area (Å²) < 4.78 is 4.75. The topological polar surface area (TPSA) is 29.5 Å². The van der Waals surface area contributed by atoms with Gasteiger partial charge in [0.05, 0.1) is 7.11 Å². The van der Waals surface area contributed by atoms with Gasteiger partial charge < -0.3 is 9.64 Å². The lowest BCUT2D eigenvalue weighted by Crippen LogP contribution is -2.41. The zero-order valence-corrected chi connectivity index (χ0v) is 9.19. The van der Waals surface area contributed by atoms with Crippen molar-refractivity contribution >= 4 is 6.09 Å². The molecule has 2 atom stereocenters. The lowest BCUT2D eigenvalue weighted by atomic mass is 10.00. The van der Waals surface area contributed by atoms with E-state index < -0.39 is 0 Å². The summed E-state index contributed by atoms with van der Waals surface area (Å²) >= 11 is 0. The average Bonchev–Trinajstić information content (AvgIpc) is 2.71. The highest BCUT2D eigenvalue weighted by Gasteiger charge is 2.26. The minimum Gasteiger partial charge on any atom is -0.453 e. The monoisotopic (exact) mass is 197 g/mol. The first-order chi connectivity index (χ1) is 6.70. The van der Waals surface area contributed by atoms with E-state index in [1.807, 2.05) is 6.92 Å². The molecule has 0 fully saturated rings. The quantitative estimate of drug-likeness (QED) is 0.650. The number of ether oxygens (including phenoxy) is 1. The highest BCUT2D eigenvalue weighted by molar-refractivity contribution is 5.67. The Morgan fingerprint density at radius 2 is 2.43 bits per heavy atom. The van der Waals surface area contributed by atoms with Gasteiger partial charge in [0, 0.05) is 12.6 Å². The van der Waals surface area contributed by atoms with Gasteiger partial charge in [0.1, 0.15) is 0 Å². The van der Waals surface area contributed by atoms with Crippen molar-refractivity contribution in [1.82, 2.24) is 4.90 Å². The molecule has 0 saturated heterocycles. The van der Waals surface area contributed by atoms with E-state index in [2.05, 4.69) is 19.1 Å². The molecular weight excluding hydrogens is 178 g/mol. The predicted molar refractivity (Wildman–Crippen MR) is 56.1 cm³/mol. The molecule has 0 heterocycles. The minimum atomic E-state index is -0.222. The van der Waals surface area contributed by atoms with Crippen LogP contribution in [-0.2, 0) is 4.74 Å². The first-order valence-electron chi connectivity index (χ1n) is 5.22. The molecular formula is C11H19NO2. The molecule has 3 heteroatoms. The molecule has 0 N–H and O–H groups in total. The van der Waals surface area contributed by atoms with E-state index in [0.29, 0.717) is 12.5 Å². The molecule has 14 heavy (non-hydrogen) atoms. The average molecular weight is 197 g/mol. The number of allylic oxidation sites excluding steroid dienone is 1. The Hall–Kier alpha value is -0.990. The Kier molecular flexibility index (Phi) is 3.98. The van der Waals surface area contributed by atoms with Gasteiger partial charge in [-0.3, -0.25) is 0 Å². The third-order valence-corrected chi connectivity index (χ3v) is 2.91. The Morgan fingerprint density at radius 1 is 1.71 bits per heavy atom. The number of rotatable bonds is 3. The summed E-state index contributed by atoms with van der Waals surface area (Å²) in [4.78, 5) is 13.2. The Morgan fingerprint density at radius 3 is 2.86 bits per heavy atom. The van der Waals surface area contributed by atoms with Gasteiger partial charge in [-0.1, -0.05) is 12.2 Å². The number of amides is 1. The molecule has 2 unspecified atom stereocenters. The van der Waals surface area contributed by atoms with Crippen LogP contribution in [0.3, 0.4) is 0 Å². The van der Waals surface area contributed by atoms with Gasteiger partial charge in [-0.25, -0.2) is 4.79 Å². The normalized spacial score (nSPS) is 22.1. The summed E-state index contributed by atoms with van der Waals surface area (Å²) in [5.41, 5.74) is 0. The summed E-state index contributed by atoms with van der Waals surface area (Å²) in [5, 5.41) is 0. The minimum absolute atomic E-state index is 0.222. The number of hydrogen-bond donors (Lipinski definition) is 0. The van der Waals surface area contributed by atoms with Gasteiger partial charge in [0.25, 0.3) is 0 Å². The highest BCUT2D eigenvalue weighted by atomic mass is 16.5.